The fraction of sp³-hybridized carbons (Fsp3) is 0.333. The number of ether oxygens (including phenoxy) is 2. The molecule has 0 fully saturated rings. The van der Waals surface area contributed by atoms with Crippen molar-refractivity contribution in [1.29, 1.82) is 0 Å². The molecule has 2 aromatic carbocycles. The SMILES string of the molecule is COc1ccc(/C(C)=N\NC(=O)c2ccc(C(C)(C)C)cc2)cc1OC. The Morgan fingerprint density at radius 1 is 0.923 bits per heavy atom. The lowest BCUT2D eigenvalue weighted by molar-refractivity contribution is 0.0955. The molecule has 26 heavy (non-hydrogen) atoms. The van der Waals surface area contributed by atoms with Crippen LogP contribution >= 0.6 is 0 Å². The number of rotatable bonds is 5. The van der Waals surface area contributed by atoms with E-state index < -0.39 is 0 Å². The molecule has 0 aromatic heterocycles. The Morgan fingerprint density at radius 3 is 2.04 bits per heavy atom. The minimum atomic E-state index is -0.245. The highest BCUT2D eigenvalue weighted by Gasteiger charge is 2.14. The molecule has 0 bridgehead atoms. The van der Waals surface area contributed by atoms with Crippen LogP contribution < -0.4 is 14.9 Å². The van der Waals surface area contributed by atoms with Crippen LogP contribution in [0.1, 0.15) is 49.2 Å². The summed E-state index contributed by atoms with van der Waals surface area (Å²) in [5.74, 6) is 1.01. The van der Waals surface area contributed by atoms with Crippen molar-refractivity contribution < 1.29 is 14.3 Å². The highest BCUT2D eigenvalue weighted by atomic mass is 16.5. The number of carbonyl (C=O) groups excluding carboxylic acids is 1. The third kappa shape index (κ3) is 4.63. The first kappa shape index (κ1) is 19.5. The van der Waals surface area contributed by atoms with E-state index in [4.69, 9.17) is 9.47 Å². The van der Waals surface area contributed by atoms with Crippen LogP contribution in [0, 0.1) is 0 Å². The molecule has 138 valence electrons. The van der Waals surface area contributed by atoms with Gasteiger partial charge in [0.1, 0.15) is 0 Å². The third-order valence-corrected chi connectivity index (χ3v) is 4.14. The number of carbonyl (C=O) groups is 1. The number of hydrogen-bond donors (Lipinski definition) is 1. The molecule has 0 radical (unpaired) electrons. The van der Waals surface area contributed by atoms with Crippen molar-refractivity contribution in [3.8, 4) is 11.5 Å². The second-order valence-electron chi connectivity index (χ2n) is 7.04. The summed E-state index contributed by atoms with van der Waals surface area (Å²) in [5.41, 5.74) is 5.91. The van der Waals surface area contributed by atoms with Crippen LogP contribution in [0.25, 0.3) is 0 Å². The maximum absolute atomic E-state index is 12.3. The molecular formula is C21H26N2O3. The molecule has 0 unspecified atom stereocenters. The van der Waals surface area contributed by atoms with Crippen molar-refractivity contribution >= 4 is 11.6 Å². The summed E-state index contributed by atoms with van der Waals surface area (Å²) in [4.78, 5) is 12.3. The monoisotopic (exact) mass is 354 g/mol. The van der Waals surface area contributed by atoms with Crippen LogP contribution in [0.15, 0.2) is 47.6 Å². The van der Waals surface area contributed by atoms with Gasteiger partial charge >= 0.3 is 0 Å². The Morgan fingerprint density at radius 2 is 1.50 bits per heavy atom. The zero-order valence-corrected chi connectivity index (χ0v) is 16.2. The number of methoxy groups -OCH3 is 2. The quantitative estimate of drug-likeness (QED) is 0.648. The van der Waals surface area contributed by atoms with Gasteiger partial charge in [-0.3, -0.25) is 4.79 Å². The summed E-state index contributed by atoms with van der Waals surface area (Å²) in [6.45, 7) is 8.24. The van der Waals surface area contributed by atoms with E-state index in [0.717, 1.165) is 5.56 Å². The molecule has 2 aromatic rings. The lowest BCUT2D eigenvalue weighted by Crippen LogP contribution is -2.20. The molecular weight excluding hydrogens is 328 g/mol. The molecule has 0 aliphatic heterocycles. The fourth-order valence-corrected chi connectivity index (χ4v) is 2.45. The Kier molecular flexibility index (Phi) is 6.03. The zero-order chi connectivity index (χ0) is 19.3. The average Bonchev–Trinajstić information content (AvgIpc) is 2.64. The summed E-state index contributed by atoms with van der Waals surface area (Å²) in [7, 11) is 3.17. The Balaban J connectivity index is 2.12. The predicted octanol–water partition coefficient (Wildman–Crippen LogP) is 4.16. The number of benzene rings is 2. The normalized spacial score (nSPS) is 11.8. The fourth-order valence-electron chi connectivity index (χ4n) is 2.45. The molecule has 1 N–H and O–H groups in total. The smallest absolute Gasteiger partial charge is 0.271 e. The van der Waals surface area contributed by atoms with E-state index in [9.17, 15) is 4.79 Å². The van der Waals surface area contributed by atoms with Crippen molar-refractivity contribution in [3.05, 3.63) is 59.2 Å². The van der Waals surface area contributed by atoms with E-state index in [1.54, 1.807) is 20.3 Å². The van der Waals surface area contributed by atoms with Crippen molar-refractivity contribution in [2.45, 2.75) is 33.1 Å². The van der Waals surface area contributed by atoms with Crippen molar-refractivity contribution in [1.82, 2.24) is 5.43 Å². The van der Waals surface area contributed by atoms with Gasteiger partial charge < -0.3 is 9.47 Å². The maximum atomic E-state index is 12.3. The third-order valence-electron chi connectivity index (χ3n) is 4.14. The molecule has 0 saturated heterocycles. The van der Waals surface area contributed by atoms with Gasteiger partial charge in [0.05, 0.1) is 19.9 Å². The van der Waals surface area contributed by atoms with Gasteiger partial charge in [0.25, 0.3) is 5.91 Å². The van der Waals surface area contributed by atoms with Gasteiger partial charge in [0.2, 0.25) is 0 Å². The Bertz CT molecular complexity index is 803. The largest absolute Gasteiger partial charge is 0.493 e. The number of hydrazone groups is 1. The summed E-state index contributed by atoms with van der Waals surface area (Å²) in [6.07, 6.45) is 0. The first-order valence-electron chi connectivity index (χ1n) is 8.44. The zero-order valence-electron chi connectivity index (χ0n) is 16.2. The molecule has 0 aliphatic rings. The van der Waals surface area contributed by atoms with Crippen molar-refractivity contribution in [2.24, 2.45) is 5.10 Å². The lowest BCUT2D eigenvalue weighted by atomic mass is 9.87. The molecule has 0 atom stereocenters. The van der Waals surface area contributed by atoms with E-state index >= 15 is 0 Å². The van der Waals surface area contributed by atoms with Gasteiger partial charge in [-0.15, -0.1) is 0 Å². The number of nitrogens with one attached hydrogen (secondary N) is 1. The molecule has 2 rings (SSSR count). The molecule has 5 heteroatoms. The van der Waals surface area contributed by atoms with Gasteiger partial charge in [-0.05, 0) is 48.2 Å². The molecule has 5 nitrogen and oxygen atoms in total. The van der Waals surface area contributed by atoms with Gasteiger partial charge in [0.15, 0.2) is 11.5 Å². The van der Waals surface area contributed by atoms with Crippen molar-refractivity contribution in [2.75, 3.05) is 14.2 Å². The minimum Gasteiger partial charge on any atom is -0.493 e. The molecule has 0 saturated carbocycles. The Hall–Kier alpha value is -2.82. The number of amides is 1. The predicted molar refractivity (Wildman–Crippen MR) is 104 cm³/mol. The van der Waals surface area contributed by atoms with E-state index in [2.05, 4.69) is 31.3 Å². The summed E-state index contributed by atoms with van der Waals surface area (Å²) >= 11 is 0. The highest BCUT2D eigenvalue weighted by Crippen LogP contribution is 2.27. The second-order valence-corrected chi connectivity index (χ2v) is 7.04. The summed E-state index contributed by atoms with van der Waals surface area (Å²) in [6, 6.07) is 13.1. The van der Waals surface area contributed by atoms with Crippen LogP contribution in [0.3, 0.4) is 0 Å². The molecule has 0 heterocycles. The highest BCUT2D eigenvalue weighted by molar-refractivity contribution is 6.01. The van der Waals surface area contributed by atoms with E-state index in [0.29, 0.717) is 22.8 Å². The number of nitrogens with zero attached hydrogens (tertiary/aromatic N) is 1. The van der Waals surface area contributed by atoms with Gasteiger partial charge in [-0.25, -0.2) is 5.43 Å². The Labute approximate surface area is 155 Å². The van der Waals surface area contributed by atoms with Crippen LogP contribution in [0.4, 0.5) is 0 Å². The molecule has 0 spiro atoms. The summed E-state index contributed by atoms with van der Waals surface area (Å²) in [5, 5.41) is 4.19. The average molecular weight is 354 g/mol. The minimum absolute atomic E-state index is 0.0527. The first-order valence-corrected chi connectivity index (χ1v) is 8.44. The molecule has 0 aliphatic carbocycles. The van der Waals surface area contributed by atoms with Crippen LogP contribution in [0.5, 0.6) is 11.5 Å². The van der Waals surface area contributed by atoms with Crippen LogP contribution in [-0.4, -0.2) is 25.8 Å². The van der Waals surface area contributed by atoms with E-state index in [1.165, 1.54) is 5.56 Å². The topological polar surface area (TPSA) is 59.9 Å². The maximum Gasteiger partial charge on any atom is 0.271 e. The summed E-state index contributed by atoms with van der Waals surface area (Å²) < 4.78 is 10.5. The standard InChI is InChI=1S/C21H26N2O3/c1-14(16-9-12-18(25-5)19(13-16)26-6)22-23-20(24)15-7-10-17(11-8-15)21(2,3)4/h7-13H,1-6H3,(H,23,24)/b22-14-. The van der Waals surface area contributed by atoms with E-state index in [1.807, 2.05) is 43.3 Å². The van der Waals surface area contributed by atoms with Gasteiger partial charge in [0, 0.05) is 11.1 Å². The van der Waals surface area contributed by atoms with Gasteiger partial charge in [-0.1, -0.05) is 32.9 Å². The van der Waals surface area contributed by atoms with Gasteiger partial charge in [-0.2, -0.15) is 5.10 Å². The van der Waals surface area contributed by atoms with E-state index in [-0.39, 0.29) is 11.3 Å². The number of hydrogen-bond acceptors (Lipinski definition) is 4. The second kappa shape index (κ2) is 8.04. The van der Waals surface area contributed by atoms with Crippen LogP contribution in [0.2, 0.25) is 0 Å². The molecule has 1 amide bonds. The first-order chi connectivity index (χ1) is 12.3. The van der Waals surface area contributed by atoms with Crippen molar-refractivity contribution in [3.63, 3.8) is 0 Å². The van der Waals surface area contributed by atoms with Crippen LogP contribution in [-0.2, 0) is 5.41 Å². The lowest BCUT2D eigenvalue weighted by Gasteiger charge is -2.18.